The minimum absolute atomic E-state index is 0.0185. The number of anilines is 3. The fraction of sp³-hybridized carbons (Fsp3) is 0.172. The third-order valence-electron chi connectivity index (χ3n) is 15.0. The van der Waals surface area contributed by atoms with Gasteiger partial charge in [-0.2, -0.15) is 0 Å². The molecule has 13 rings (SSSR count). The number of rotatable bonds is 2. The highest BCUT2D eigenvalue weighted by Crippen LogP contribution is 2.55. The maximum atomic E-state index is 2.78. The molecule has 0 fully saturated rings. The molecule has 0 unspecified atom stereocenters. The van der Waals surface area contributed by atoms with E-state index in [1.807, 2.05) is 11.3 Å². The molecule has 1 aliphatic carbocycles. The maximum Gasteiger partial charge on any atom is 0.333 e. The van der Waals surface area contributed by atoms with Crippen molar-refractivity contribution in [2.24, 2.45) is 0 Å². The summed E-state index contributed by atoms with van der Waals surface area (Å²) in [6.45, 7) is 16.7. The molecule has 2 aliphatic heterocycles. The van der Waals surface area contributed by atoms with Crippen molar-refractivity contribution in [3.63, 3.8) is 0 Å². The number of benzene rings is 8. The molecule has 62 heavy (non-hydrogen) atoms. The summed E-state index contributed by atoms with van der Waals surface area (Å²) >= 11 is 1.95. The molecule has 2 nitrogen and oxygen atoms in total. The predicted molar refractivity (Wildman–Crippen MR) is 268 cm³/mol. The first kappa shape index (κ1) is 36.3. The maximum absolute atomic E-state index is 2.78. The van der Waals surface area contributed by atoms with Gasteiger partial charge in [0.1, 0.15) is 0 Å². The molecule has 0 atom stereocenters. The van der Waals surface area contributed by atoms with Crippen LogP contribution in [-0.4, -0.2) is 11.3 Å². The highest BCUT2D eigenvalue weighted by Gasteiger charge is 2.48. The Hall–Kier alpha value is -6.36. The van der Waals surface area contributed by atoms with Crippen molar-refractivity contribution in [2.75, 3.05) is 4.90 Å². The van der Waals surface area contributed by atoms with E-state index < -0.39 is 0 Å². The minimum Gasteiger partial charge on any atom is -0.374 e. The zero-order chi connectivity index (χ0) is 42.0. The molecule has 0 N–H and O–H groups in total. The van der Waals surface area contributed by atoms with E-state index in [-0.39, 0.29) is 23.1 Å². The Labute approximate surface area is 368 Å². The minimum atomic E-state index is -0.216. The van der Waals surface area contributed by atoms with Crippen LogP contribution in [0.2, 0.25) is 0 Å². The van der Waals surface area contributed by atoms with E-state index in [4.69, 9.17) is 0 Å². The molecular weight excluding hydrogens is 768 g/mol. The SMILES string of the molecule is CC(C)(C)c1ccc(N2c3cc4c(cc3B3c5c2cc2ccccc2c5-c2cccc5c6sc7ccccc7c6n3c25)C(C)(C)c2ccccc2C4(C)C)c(-c2ccccc2)c1. The van der Waals surface area contributed by atoms with E-state index in [9.17, 15) is 0 Å². The van der Waals surface area contributed by atoms with E-state index in [0.29, 0.717) is 0 Å². The molecule has 8 aromatic carbocycles. The average Bonchev–Trinajstić information content (AvgIpc) is 3.82. The molecule has 0 saturated heterocycles. The molecule has 4 heterocycles. The van der Waals surface area contributed by atoms with Crippen LogP contribution < -0.4 is 15.8 Å². The van der Waals surface area contributed by atoms with Crippen LogP contribution in [-0.2, 0) is 16.2 Å². The number of hydrogen-bond acceptors (Lipinski definition) is 2. The first-order valence-corrected chi connectivity index (χ1v) is 23.0. The fourth-order valence-corrected chi connectivity index (χ4v) is 13.1. The van der Waals surface area contributed by atoms with Crippen molar-refractivity contribution in [1.29, 1.82) is 0 Å². The molecule has 0 bridgehead atoms. The van der Waals surface area contributed by atoms with Gasteiger partial charge < -0.3 is 9.38 Å². The number of fused-ring (bicyclic) bond motifs is 13. The molecule has 0 saturated carbocycles. The predicted octanol–water partition coefficient (Wildman–Crippen LogP) is 14.5. The van der Waals surface area contributed by atoms with Crippen molar-refractivity contribution in [3.8, 4) is 22.3 Å². The summed E-state index contributed by atoms with van der Waals surface area (Å²) in [6, 6.07) is 60.6. The topological polar surface area (TPSA) is 8.17 Å². The lowest BCUT2D eigenvalue weighted by Crippen LogP contribution is -2.57. The van der Waals surface area contributed by atoms with Gasteiger partial charge in [-0.25, -0.2) is 0 Å². The Balaban J connectivity index is 1.24. The van der Waals surface area contributed by atoms with Gasteiger partial charge >= 0.3 is 6.85 Å². The summed E-state index contributed by atoms with van der Waals surface area (Å²) in [5, 5.41) is 5.26. The summed E-state index contributed by atoms with van der Waals surface area (Å²) in [4.78, 5) is 2.67. The first-order chi connectivity index (χ1) is 29.9. The van der Waals surface area contributed by atoms with Crippen LogP contribution in [0.25, 0.3) is 64.2 Å². The van der Waals surface area contributed by atoms with Gasteiger partial charge in [0.25, 0.3) is 0 Å². The van der Waals surface area contributed by atoms with E-state index in [1.54, 1.807) is 0 Å². The van der Waals surface area contributed by atoms with Crippen LogP contribution in [0.3, 0.4) is 0 Å². The number of para-hydroxylation sites is 1. The van der Waals surface area contributed by atoms with Crippen molar-refractivity contribution in [2.45, 2.75) is 64.7 Å². The molecule has 4 heteroatoms. The van der Waals surface area contributed by atoms with E-state index in [0.717, 1.165) is 0 Å². The van der Waals surface area contributed by atoms with Crippen molar-refractivity contribution in [3.05, 3.63) is 186 Å². The zero-order valence-electron chi connectivity index (χ0n) is 36.4. The molecule has 298 valence electrons. The Morgan fingerprint density at radius 1 is 0.516 bits per heavy atom. The Morgan fingerprint density at radius 3 is 1.94 bits per heavy atom. The van der Waals surface area contributed by atoms with Gasteiger partial charge in [-0.15, -0.1) is 11.3 Å². The molecular formula is C58H47BN2S. The second kappa shape index (κ2) is 12.2. The third kappa shape index (κ3) is 4.61. The molecule has 0 spiro atoms. The molecule has 0 amide bonds. The summed E-state index contributed by atoms with van der Waals surface area (Å²) < 4.78 is 5.49. The lowest BCUT2D eigenvalue weighted by atomic mass is 9.44. The van der Waals surface area contributed by atoms with Crippen LogP contribution in [0.1, 0.15) is 76.3 Å². The monoisotopic (exact) mass is 814 g/mol. The number of aromatic nitrogens is 1. The van der Waals surface area contributed by atoms with Gasteiger partial charge in [0.05, 0.1) is 15.9 Å². The zero-order valence-corrected chi connectivity index (χ0v) is 37.2. The van der Waals surface area contributed by atoms with Crippen LogP contribution in [0.15, 0.2) is 158 Å². The lowest BCUT2D eigenvalue weighted by Gasteiger charge is -2.47. The molecule has 0 radical (unpaired) electrons. The average molecular weight is 815 g/mol. The Bertz CT molecular complexity index is 3580. The van der Waals surface area contributed by atoms with Gasteiger partial charge in [-0.05, 0) is 96.4 Å². The molecule has 10 aromatic rings. The number of nitrogens with zero attached hydrogens (tertiary/aromatic N) is 2. The quantitative estimate of drug-likeness (QED) is 0.158. The van der Waals surface area contributed by atoms with Crippen LogP contribution >= 0.6 is 11.3 Å². The normalized spacial score (nSPS) is 15.5. The van der Waals surface area contributed by atoms with Gasteiger partial charge in [-0.3, -0.25) is 0 Å². The standard InChI is InChI=1S/C58H47BN2S/c1-56(2,3)36-28-29-47(41(31-36)34-18-9-8-10-19-34)60-48-33-45-44(57(4,5)42-25-14-15-26-43(42)58(45,6)7)32-46(48)59-52-49(60)30-35-20-11-12-21-37(35)51(52)39-23-17-24-40-53(39)61(59)54-38-22-13-16-27-50(38)62-55(40)54/h8-33H,1-7H3. The fourth-order valence-electron chi connectivity index (χ4n) is 11.9. The first-order valence-electron chi connectivity index (χ1n) is 22.2. The van der Waals surface area contributed by atoms with Crippen molar-refractivity contribution >= 4 is 88.2 Å². The van der Waals surface area contributed by atoms with E-state index >= 15 is 0 Å². The van der Waals surface area contributed by atoms with Crippen molar-refractivity contribution in [1.82, 2.24) is 4.48 Å². The van der Waals surface area contributed by atoms with Crippen LogP contribution in [0.5, 0.6) is 0 Å². The van der Waals surface area contributed by atoms with Gasteiger partial charge in [0.15, 0.2) is 0 Å². The Kier molecular flexibility index (Phi) is 7.13. The smallest absolute Gasteiger partial charge is 0.333 e. The summed E-state index contributed by atoms with van der Waals surface area (Å²) in [5.41, 5.74) is 20.9. The van der Waals surface area contributed by atoms with Gasteiger partial charge in [0.2, 0.25) is 0 Å². The molecule has 2 aromatic heterocycles. The van der Waals surface area contributed by atoms with E-state index in [2.05, 4.69) is 216 Å². The van der Waals surface area contributed by atoms with E-state index in [1.165, 1.54) is 120 Å². The summed E-state index contributed by atoms with van der Waals surface area (Å²) in [7, 11) is 0. The lowest BCUT2D eigenvalue weighted by molar-refractivity contribution is 0.521. The van der Waals surface area contributed by atoms with Crippen molar-refractivity contribution < 1.29 is 0 Å². The summed E-state index contributed by atoms with van der Waals surface area (Å²) in [5.74, 6) is 0. The van der Waals surface area contributed by atoms with Crippen LogP contribution in [0, 0.1) is 0 Å². The third-order valence-corrected chi connectivity index (χ3v) is 16.1. The summed E-state index contributed by atoms with van der Waals surface area (Å²) in [6.07, 6.45) is 0. The van der Waals surface area contributed by atoms with Crippen LogP contribution in [0.4, 0.5) is 17.1 Å². The number of hydrogen-bond donors (Lipinski definition) is 0. The number of thiophene rings is 1. The van der Waals surface area contributed by atoms with Gasteiger partial charge in [0, 0.05) is 54.3 Å². The highest BCUT2D eigenvalue weighted by molar-refractivity contribution is 7.27. The highest BCUT2D eigenvalue weighted by atomic mass is 32.1. The second-order valence-corrected chi connectivity index (χ2v) is 21.1. The molecule has 3 aliphatic rings. The largest absolute Gasteiger partial charge is 0.374 e. The Morgan fingerprint density at radius 2 is 1.18 bits per heavy atom. The van der Waals surface area contributed by atoms with Gasteiger partial charge in [-0.1, -0.05) is 176 Å². The second-order valence-electron chi connectivity index (χ2n) is 20.1.